The Hall–Kier alpha value is -1.07. The maximum atomic E-state index is 10.5. The topological polar surface area (TPSA) is 26.3 Å². The fourth-order valence-electron chi connectivity index (χ4n) is 1.51. The molecule has 2 nitrogen and oxygen atoms in total. The fourth-order valence-corrected chi connectivity index (χ4v) is 1.51. The lowest BCUT2D eigenvalue weighted by molar-refractivity contribution is -0.111. The second kappa shape index (κ2) is 5.72. The van der Waals surface area contributed by atoms with E-state index in [9.17, 15) is 4.79 Å². The SMILES string of the molecule is COC(C)(C#CC1=CCCCC1)CC=O. The Morgan fingerprint density at radius 1 is 1.60 bits per heavy atom. The van der Waals surface area contributed by atoms with Gasteiger partial charge in [0.05, 0.1) is 0 Å². The molecule has 1 rings (SSSR count). The summed E-state index contributed by atoms with van der Waals surface area (Å²) in [6, 6.07) is 0. The molecule has 1 aliphatic rings. The highest BCUT2D eigenvalue weighted by Gasteiger charge is 2.19. The summed E-state index contributed by atoms with van der Waals surface area (Å²) in [6.45, 7) is 1.85. The largest absolute Gasteiger partial charge is 0.365 e. The predicted octanol–water partition coefficient (Wildman–Crippen LogP) is 2.48. The van der Waals surface area contributed by atoms with Crippen LogP contribution in [-0.4, -0.2) is 19.0 Å². The third-order valence-electron chi connectivity index (χ3n) is 2.70. The van der Waals surface area contributed by atoms with Gasteiger partial charge in [0.2, 0.25) is 0 Å². The first-order valence-electron chi connectivity index (χ1n) is 5.41. The standard InChI is InChI=1S/C13H18O2/c1-13(15-2,10-11-14)9-8-12-6-4-3-5-7-12/h6,11H,3-5,7,10H2,1-2H3. The van der Waals surface area contributed by atoms with E-state index in [1.807, 2.05) is 6.92 Å². The van der Waals surface area contributed by atoms with Crippen molar-refractivity contribution in [3.05, 3.63) is 11.6 Å². The van der Waals surface area contributed by atoms with Crippen molar-refractivity contribution in [1.29, 1.82) is 0 Å². The van der Waals surface area contributed by atoms with E-state index in [4.69, 9.17) is 4.74 Å². The van der Waals surface area contributed by atoms with E-state index >= 15 is 0 Å². The summed E-state index contributed by atoms with van der Waals surface area (Å²) in [7, 11) is 1.59. The van der Waals surface area contributed by atoms with Gasteiger partial charge in [-0.3, -0.25) is 0 Å². The predicted molar refractivity (Wildman–Crippen MR) is 60.4 cm³/mol. The molecule has 0 amide bonds. The Balaban J connectivity index is 2.68. The molecule has 1 aliphatic carbocycles. The van der Waals surface area contributed by atoms with Gasteiger partial charge in [0, 0.05) is 13.5 Å². The second-order valence-electron chi connectivity index (χ2n) is 4.03. The zero-order valence-electron chi connectivity index (χ0n) is 9.51. The third-order valence-corrected chi connectivity index (χ3v) is 2.70. The molecule has 0 saturated heterocycles. The number of rotatable bonds is 3. The molecule has 0 radical (unpaired) electrons. The molecule has 0 aromatic rings. The van der Waals surface area contributed by atoms with Crippen molar-refractivity contribution < 1.29 is 9.53 Å². The molecular weight excluding hydrogens is 188 g/mol. The van der Waals surface area contributed by atoms with E-state index in [0.717, 1.165) is 19.1 Å². The minimum Gasteiger partial charge on any atom is -0.365 e. The minimum absolute atomic E-state index is 0.323. The third kappa shape index (κ3) is 3.89. The number of methoxy groups -OCH3 is 1. The van der Waals surface area contributed by atoms with E-state index in [1.165, 1.54) is 18.4 Å². The van der Waals surface area contributed by atoms with Crippen LogP contribution in [0, 0.1) is 11.8 Å². The number of aldehydes is 1. The minimum atomic E-state index is -0.625. The Bertz CT molecular complexity index is 306. The zero-order valence-corrected chi connectivity index (χ0v) is 9.51. The normalized spacial score (nSPS) is 19.5. The maximum Gasteiger partial charge on any atom is 0.132 e. The van der Waals surface area contributed by atoms with Crippen molar-refractivity contribution in [3.8, 4) is 11.8 Å². The summed E-state index contributed by atoms with van der Waals surface area (Å²) < 4.78 is 5.24. The van der Waals surface area contributed by atoms with E-state index < -0.39 is 5.60 Å². The number of allylic oxidation sites excluding steroid dienone is 2. The monoisotopic (exact) mass is 206 g/mol. The molecule has 0 aliphatic heterocycles. The van der Waals surface area contributed by atoms with E-state index in [1.54, 1.807) is 7.11 Å². The molecule has 0 heterocycles. The van der Waals surface area contributed by atoms with Crippen molar-refractivity contribution in [1.82, 2.24) is 0 Å². The summed E-state index contributed by atoms with van der Waals surface area (Å²) in [5.41, 5.74) is 0.565. The molecule has 1 atom stereocenters. The van der Waals surface area contributed by atoms with Gasteiger partial charge < -0.3 is 9.53 Å². The Kier molecular flexibility index (Phi) is 4.58. The van der Waals surface area contributed by atoms with Gasteiger partial charge in [0.1, 0.15) is 11.9 Å². The average molecular weight is 206 g/mol. The van der Waals surface area contributed by atoms with Gasteiger partial charge in [-0.15, -0.1) is 0 Å². The lowest BCUT2D eigenvalue weighted by atomic mass is 9.98. The number of carbonyl (C=O) groups is 1. The molecule has 0 aromatic heterocycles. The molecule has 15 heavy (non-hydrogen) atoms. The molecule has 0 spiro atoms. The molecule has 0 bridgehead atoms. The van der Waals surface area contributed by atoms with Crippen LogP contribution in [0.25, 0.3) is 0 Å². The van der Waals surface area contributed by atoms with Gasteiger partial charge in [0.15, 0.2) is 0 Å². The highest BCUT2D eigenvalue weighted by molar-refractivity contribution is 5.53. The summed E-state index contributed by atoms with van der Waals surface area (Å²) in [6.07, 6.45) is 8.04. The number of ether oxygens (including phenoxy) is 1. The van der Waals surface area contributed by atoms with Crippen LogP contribution >= 0.6 is 0 Å². The van der Waals surface area contributed by atoms with Crippen LogP contribution in [0.5, 0.6) is 0 Å². The molecule has 82 valence electrons. The van der Waals surface area contributed by atoms with Gasteiger partial charge in [-0.1, -0.05) is 17.9 Å². The highest BCUT2D eigenvalue weighted by atomic mass is 16.5. The van der Waals surface area contributed by atoms with E-state index in [2.05, 4.69) is 17.9 Å². The number of hydrogen-bond donors (Lipinski definition) is 0. The van der Waals surface area contributed by atoms with Gasteiger partial charge in [-0.2, -0.15) is 0 Å². The van der Waals surface area contributed by atoms with Crippen molar-refractivity contribution in [2.75, 3.05) is 7.11 Å². The van der Waals surface area contributed by atoms with E-state index in [-0.39, 0.29) is 0 Å². The van der Waals surface area contributed by atoms with Crippen LogP contribution in [0.4, 0.5) is 0 Å². The number of hydrogen-bond acceptors (Lipinski definition) is 2. The van der Waals surface area contributed by atoms with Gasteiger partial charge in [-0.25, -0.2) is 0 Å². The Morgan fingerprint density at radius 3 is 2.93 bits per heavy atom. The molecule has 0 aromatic carbocycles. The first-order chi connectivity index (χ1) is 7.20. The molecule has 1 unspecified atom stereocenters. The average Bonchev–Trinajstić information content (AvgIpc) is 2.28. The Labute approximate surface area is 91.7 Å². The van der Waals surface area contributed by atoms with Crippen LogP contribution in [0.2, 0.25) is 0 Å². The second-order valence-corrected chi connectivity index (χ2v) is 4.03. The summed E-state index contributed by atoms with van der Waals surface area (Å²) in [5, 5.41) is 0. The fraction of sp³-hybridized carbons (Fsp3) is 0.615. The van der Waals surface area contributed by atoms with Crippen molar-refractivity contribution in [3.63, 3.8) is 0 Å². The quantitative estimate of drug-likeness (QED) is 0.524. The van der Waals surface area contributed by atoms with Crippen molar-refractivity contribution in [2.24, 2.45) is 0 Å². The van der Waals surface area contributed by atoms with Crippen molar-refractivity contribution >= 4 is 6.29 Å². The van der Waals surface area contributed by atoms with Crippen LogP contribution in [0.15, 0.2) is 11.6 Å². The molecule has 0 saturated carbocycles. The molecule has 0 N–H and O–H groups in total. The first kappa shape index (κ1) is 12.0. The lowest BCUT2D eigenvalue weighted by Crippen LogP contribution is -2.25. The van der Waals surface area contributed by atoms with Crippen LogP contribution in [-0.2, 0) is 9.53 Å². The Morgan fingerprint density at radius 2 is 2.40 bits per heavy atom. The zero-order chi connectivity index (χ0) is 11.1. The van der Waals surface area contributed by atoms with E-state index in [0.29, 0.717) is 6.42 Å². The van der Waals surface area contributed by atoms with Crippen molar-refractivity contribution in [2.45, 2.75) is 44.6 Å². The summed E-state index contributed by atoms with van der Waals surface area (Å²) in [5.74, 6) is 6.17. The summed E-state index contributed by atoms with van der Waals surface area (Å²) in [4.78, 5) is 10.5. The smallest absolute Gasteiger partial charge is 0.132 e. The van der Waals surface area contributed by atoms with Crippen LogP contribution in [0.3, 0.4) is 0 Å². The summed E-state index contributed by atoms with van der Waals surface area (Å²) >= 11 is 0. The molecule has 0 fully saturated rings. The highest BCUT2D eigenvalue weighted by Crippen LogP contribution is 2.17. The van der Waals surface area contributed by atoms with Gasteiger partial charge >= 0.3 is 0 Å². The van der Waals surface area contributed by atoms with Gasteiger partial charge in [0.25, 0.3) is 0 Å². The first-order valence-corrected chi connectivity index (χ1v) is 5.41. The number of carbonyl (C=O) groups excluding carboxylic acids is 1. The molecule has 2 heteroatoms. The maximum absolute atomic E-state index is 10.5. The van der Waals surface area contributed by atoms with Crippen LogP contribution < -0.4 is 0 Å². The molecular formula is C13H18O2. The van der Waals surface area contributed by atoms with Gasteiger partial charge in [-0.05, 0) is 38.2 Å². The van der Waals surface area contributed by atoms with Crippen LogP contribution in [0.1, 0.15) is 39.0 Å². The lowest BCUT2D eigenvalue weighted by Gasteiger charge is -2.18.